The summed E-state index contributed by atoms with van der Waals surface area (Å²) in [6.07, 6.45) is 0. The molecule has 0 aliphatic rings. The number of carbonyl (C=O) groups excluding carboxylic acids is 3. The number of nitrogens with one attached hydrogen (secondary N) is 1. The van der Waals surface area contributed by atoms with Crippen molar-refractivity contribution in [2.24, 2.45) is 5.73 Å². The van der Waals surface area contributed by atoms with Crippen molar-refractivity contribution in [2.45, 2.75) is 0 Å². The third-order valence-electron chi connectivity index (χ3n) is 4.56. The van der Waals surface area contributed by atoms with Crippen LogP contribution in [0.3, 0.4) is 0 Å². The number of primary amides is 1. The second kappa shape index (κ2) is 10.1. The van der Waals surface area contributed by atoms with E-state index in [0.29, 0.717) is 34.1 Å². The molecule has 0 atom stereocenters. The number of rotatable bonds is 8. The van der Waals surface area contributed by atoms with Crippen LogP contribution in [-0.4, -0.2) is 43.3 Å². The monoisotopic (exact) mass is 433 g/mol. The van der Waals surface area contributed by atoms with Crippen molar-refractivity contribution in [1.29, 1.82) is 0 Å². The molecule has 164 valence electrons. The van der Waals surface area contributed by atoms with Gasteiger partial charge in [-0.2, -0.15) is 0 Å². The summed E-state index contributed by atoms with van der Waals surface area (Å²) in [5.41, 5.74) is 6.61. The van der Waals surface area contributed by atoms with E-state index in [0.717, 1.165) is 0 Å². The van der Waals surface area contributed by atoms with E-state index in [1.165, 1.54) is 4.90 Å². The molecule has 0 bridgehead atoms. The van der Waals surface area contributed by atoms with Crippen LogP contribution in [0.25, 0.3) is 0 Å². The van der Waals surface area contributed by atoms with Gasteiger partial charge in [0.25, 0.3) is 5.91 Å². The first-order chi connectivity index (χ1) is 15.4. The summed E-state index contributed by atoms with van der Waals surface area (Å²) in [6, 6.07) is 19.9. The Morgan fingerprint density at radius 2 is 1.47 bits per heavy atom. The van der Waals surface area contributed by atoms with Gasteiger partial charge in [-0.25, -0.2) is 0 Å². The summed E-state index contributed by atoms with van der Waals surface area (Å²) in [5, 5.41) is 2.74. The lowest BCUT2D eigenvalue weighted by molar-refractivity contribution is -0.116. The van der Waals surface area contributed by atoms with Crippen LogP contribution in [0.2, 0.25) is 0 Å². The number of anilines is 1. The molecule has 0 heterocycles. The summed E-state index contributed by atoms with van der Waals surface area (Å²) in [4.78, 5) is 37.4. The van der Waals surface area contributed by atoms with Crippen molar-refractivity contribution >= 4 is 23.4 Å². The Kier molecular flexibility index (Phi) is 7.07. The zero-order valence-corrected chi connectivity index (χ0v) is 17.7. The molecule has 0 fully saturated rings. The smallest absolute Gasteiger partial charge is 0.254 e. The largest absolute Gasteiger partial charge is 0.497 e. The van der Waals surface area contributed by atoms with Crippen LogP contribution in [0, 0.1) is 0 Å². The molecule has 8 nitrogen and oxygen atoms in total. The lowest BCUT2D eigenvalue weighted by Gasteiger charge is -2.17. The molecule has 0 spiro atoms. The Morgan fingerprint density at radius 1 is 0.875 bits per heavy atom. The zero-order chi connectivity index (χ0) is 23.1. The first-order valence-electron chi connectivity index (χ1n) is 9.73. The van der Waals surface area contributed by atoms with Crippen LogP contribution in [0.5, 0.6) is 17.2 Å². The molecule has 3 rings (SSSR count). The lowest BCUT2D eigenvalue weighted by atomic mass is 10.2. The fraction of sp³-hybridized carbons (Fsp3) is 0.125. The number of likely N-dealkylation sites (N-methyl/N-ethyl adjacent to an activating group) is 1. The first-order valence-corrected chi connectivity index (χ1v) is 9.73. The Bertz CT molecular complexity index is 1110. The molecule has 3 aromatic carbocycles. The number of hydrogen-bond donors (Lipinski definition) is 2. The first kappa shape index (κ1) is 22.4. The van der Waals surface area contributed by atoms with E-state index >= 15 is 0 Å². The number of benzene rings is 3. The molecule has 0 saturated heterocycles. The zero-order valence-electron chi connectivity index (χ0n) is 17.7. The number of ether oxygens (including phenoxy) is 2. The van der Waals surface area contributed by atoms with E-state index in [-0.39, 0.29) is 18.4 Å². The SMILES string of the molecule is COc1cccc(NC(=O)CN(C)C(=O)c2ccc(Oc3ccc(C(N)=O)cc3)cc2)c1. The number of carbonyl (C=O) groups is 3. The van der Waals surface area contributed by atoms with E-state index in [1.807, 2.05) is 0 Å². The van der Waals surface area contributed by atoms with Gasteiger partial charge in [-0.1, -0.05) is 6.07 Å². The minimum absolute atomic E-state index is 0.111. The van der Waals surface area contributed by atoms with Crippen LogP contribution in [0.15, 0.2) is 72.8 Å². The number of methoxy groups -OCH3 is 1. The molecule has 0 aliphatic heterocycles. The maximum Gasteiger partial charge on any atom is 0.254 e. The predicted molar refractivity (Wildman–Crippen MR) is 120 cm³/mol. The van der Waals surface area contributed by atoms with Crippen molar-refractivity contribution < 1.29 is 23.9 Å². The van der Waals surface area contributed by atoms with E-state index in [1.54, 1.807) is 87.0 Å². The Hall–Kier alpha value is -4.33. The van der Waals surface area contributed by atoms with Gasteiger partial charge in [0, 0.05) is 29.9 Å². The van der Waals surface area contributed by atoms with Crippen molar-refractivity contribution in [2.75, 3.05) is 26.0 Å². The quantitative estimate of drug-likeness (QED) is 0.566. The second-order valence-electron chi connectivity index (χ2n) is 6.96. The molecule has 0 aliphatic carbocycles. The fourth-order valence-electron chi connectivity index (χ4n) is 2.90. The van der Waals surface area contributed by atoms with Crippen molar-refractivity contribution in [3.63, 3.8) is 0 Å². The number of nitrogens with two attached hydrogens (primary N) is 1. The van der Waals surface area contributed by atoms with Gasteiger partial charge < -0.3 is 25.4 Å². The number of nitrogens with zero attached hydrogens (tertiary/aromatic N) is 1. The number of amides is 3. The average molecular weight is 433 g/mol. The summed E-state index contributed by atoms with van der Waals surface area (Å²) in [6.45, 7) is -0.111. The molecule has 32 heavy (non-hydrogen) atoms. The molecule has 0 unspecified atom stereocenters. The molecule has 0 radical (unpaired) electrons. The third-order valence-corrected chi connectivity index (χ3v) is 4.56. The van der Waals surface area contributed by atoms with Gasteiger partial charge in [-0.05, 0) is 60.7 Å². The molecule has 0 saturated carbocycles. The maximum absolute atomic E-state index is 12.6. The fourth-order valence-corrected chi connectivity index (χ4v) is 2.90. The van der Waals surface area contributed by atoms with Gasteiger partial charge in [0.1, 0.15) is 17.2 Å². The Labute approximate surface area is 185 Å². The molecule has 0 aromatic heterocycles. The van der Waals surface area contributed by atoms with Gasteiger partial charge >= 0.3 is 0 Å². The average Bonchev–Trinajstić information content (AvgIpc) is 2.79. The molecule has 8 heteroatoms. The molecular formula is C24H23N3O5. The van der Waals surface area contributed by atoms with Crippen LogP contribution in [0.4, 0.5) is 5.69 Å². The van der Waals surface area contributed by atoms with Gasteiger partial charge in [0.2, 0.25) is 11.8 Å². The molecule has 3 N–H and O–H groups in total. The maximum atomic E-state index is 12.6. The number of hydrogen-bond acceptors (Lipinski definition) is 5. The Morgan fingerprint density at radius 3 is 2.03 bits per heavy atom. The summed E-state index contributed by atoms with van der Waals surface area (Å²) in [5.74, 6) is 0.530. The second-order valence-corrected chi connectivity index (χ2v) is 6.96. The van der Waals surface area contributed by atoms with E-state index in [4.69, 9.17) is 15.2 Å². The van der Waals surface area contributed by atoms with Gasteiger partial charge in [-0.3, -0.25) is 14.4 Å². The summed E-state index contributed by atoms with van der Waals surface area (Å²) >= 11 is 0. The normalized spacial score (nSPS) is 10.2. The molecular weight excluding hydrogens is 410 g/mol. The highest BCUT2D eigenvalue weighted by Gasteiger charge is 2.15. The predicted octanol–water partition coefficient (Wildman–Crippen LogP) is 3.30. The van der Waals surface area contributed by atoms with Gasteiger partial charge in [-0.15, -0.1) is 0 Å². The van der Waals surface area contributed by atoms with E-state index in [9.17, 15) is 14.4 Å². The van der Waals surface area contributed by atoms with Gasteiger partial charge in [0.05, 0.1) is 13.7 Å². The lowest BCUT2D eigenvalue weighted by Crippen LogP contribution is -2.34. The van der Waals surface area contributed by atoms with Crippen LogP contribution >= 0.6 is 0 Å². The highest BCUT2D eigenvalue weighted by atomic mass is 16.5. The third kappa shape index (κ3) is 5.85. The standard InChI is InChI=1S/C24H23N3O5/c1-27(15-22(28)26-18-4-3-5-21(14-18)31-2)24(30)17-8-12-20(13-9-17)32-19-10-6-16(7-11-19)23(25)29/h3-14H,15H2,1-2H3,(H2,25,29)(H,26,28). The van der Waals surface area contributed by atoms with Crippen molar-refractivity contribution in [3.05, 3.63) is 83.9 Å². The van der Waals surface area contributed by atoms with Crippen LogP contribution in [0.1, 0.15) is 20.7 Å². The highest BCUT2D eigenvalue weighted by Crippen LogP contribution is 2.22. The minimum Gasteiger partial charge on any atom is -0.497 e. The summed E-state index contributed by atoms with van der Waals surface area (Å²) in [7, 11) is 3.10. The van der Waals surface area contributed by atoms with Gasteiger partial charge in [0.15, 0.2) is 0 Å². The molecule has 3 amide bonds. The van der Waals surface area contributed by atoms with Crippen molar-refractivity contribution in [3.8, 4) is 17.2 Å². The van der Waals surface area contributed by atoms with Crippen LogP contribution < -0.4 is 20.5 Å². The van der Waals surface area contributed by atoms with E-state index in [2.05, 4.69) is 5.32 Å². The van der Waals surface area contributed by atoms with Crippen molar-refractivity contribution in [1.82, 2.24) is 4.90 Å². The molecule has 3 aromatic rings. The minimum atomic E-state index is -0.513. The van der Waals surface area contributed by atoms with Crippen LogP contribution in [-0.2, 0) is 4.79 Å². The topological polar surface area (TPSA) is 111 Å². The Balaban J connectivity index is 1.56. The van der Waals surface area contributed by atoms with E-state index < -0.39 is 5.91 Å². The summed E-state index contributed by atoms with van der Waals surface area (Å²) < 4.78 is 10.8. The highest BCUT2D eigenvalue weighted by molar-refractivity contribution is 5.99.